The van der Waals surface area contributed by atoms with Crippen molar-refractivity contribution in [2.45, 2.75) is 0 Å². The summed E-state index contributed by atoms with van der Waals surface area (Å²) in [5.41, 5.74) is 8.67. The molecule has 8 rings (SSSR count). The summed E-state index contributed by atoms with van der Waals surface area (Å²) in [5.74, 6) is 0. The molecule has 0 saturated heterocycles. The topological polar surface area (TPSA) is 3.24 Å². The van der Waals surface area contributed by atoms with E-state index in [0.717, 1.165) is 55.5 Å². The van der Waals surface area contributed by atoms with Gasteiger partial charge in [0.1, 0.15) is 0 Å². The van der Waals surface area contributed by atoms with Crippen LogP contribution in [-0.2, 0) is 0 Å². The first-order valence-corrected chi connectivity index (χ1v) is 15.8. The summed E-state index contributed by atoms with van der Waals surface area (Å²) < 4.78 is 37.4. The first-order chi connectivity index (χ1) is 25.0. The SMILES string of the molecule is [2H]c1c([2H])c(N(c2ccc(-c3ccccc3)cc2)c2cccc(-c3ccc4ccccc4c3)c2)c([2H])c([2H])c1-c1cccc(-c2ccccc2)c1. The molecule has 0 aliphatic heterocycles. The minimum atomic E-state index is -0.112. The van der Waals surface area contributed by atoms with Crippen molar-refractivity contribution in [1.82, 2.24) is 0 Å². The number of rotatable bonds is 7. The van der Waals surface area contributed by atoms with Gasteiger partial charge in [-0.25, -0.2) is 0 Å². The number of nitrogens with zero attached hydrogens (tertiary/aromatic N) is 1. The van der Waals surface area contributed by atoms with Crippen molar-refractivity contribution in [3.63, 3.8) is 0 Å². The Hall–Kier alpha value is -6.18. The zero-order valence-electron chi connectivity index (χ0n) is 29.7. The minimum absolute atomic E-state index is 0.0900. The normalized spacial score (nSPS) is 12.2. The Morgan fingerprint density at radius 1 is 0.277 bits per heavy atom. The lowest BCUT2D eigenvalue weighted by Gasteiger charge is -2.26. The quantitative estimate of drug-likeness (QED) is 0.175. The summed E-state index contributed by atoms with van der Waals surface area (Å²) in [7, 11) is 0. The molecule has 47 heavy (non-hydrogen) atoms. The molecule has 0 N–H and O–H groups in total. The third kappa shape index (κ3) is 5.95. The van der Waals surface area contributed by atoms with Gasteiger partial charge in [0.25, 0.3) is 0 Å². The number of hydrogen-bond donors (Lipinski definition) is 0. The lowest BCUT2D eigenvalue weighted by Crippen LogP contribution is -2.10. The van der Waals surface area contributed by atoms with Gasteiger partial charge in [-0.05, 0) is 104 Å². The predicted octanol–water partition coefficient (Wildman–Crippen LogP) is 13.0. The van der Waals surface area contributed by atoms with Crippen LogP contribution in [0.2, 0.25) is 0 Å². The lowest BCUT2D eigenvalue weighted by atomic mass is 9.98. The molecule has 0 spiro atoms. The predicted molar refractivity (Wildman–Crippen MR) is 200 cm³/mol. The van der Waals surface area contributed by atoms with Crippen LogP contribution in [0.15, 0.2) is 200 Å². The van der Waals surface area contributed by atoms with E-state index in [4.69, 9.17) is 0 Å². The molecule has 0 saturated carbocycles. The van der Waals surface area contributed by atoms with E-state index in [9.17, 15) is 5.48 Å². The van der Waals surface area contributed by atoms with Gasteiger partial charge in [-0.15, -0.1) is 0 Å². The van der Waals surface area contributed by atoms with Crippen molar-refractivity contribution in [1.29, 1.82) is 0 Å². The summed E-state index contributed by atoms with van der Waals surface area (Å²) in [6.07, 6.45) is 0. The summed E-state index contributed by atoms with van der Waals surface area (Å²) >= 11 is 0. The van der Waals surface area contributed by atoms with Gasteiger partial charge in [0, 0.05) is 17.1 Å². The third-order valence-electron chi connectivity index (χ3n) is 8.51. The Bertz CT molecular complexity index is 2480. The molecule has 8 aromatic rings. The molecule has 0 bridgehead atoms. The van der Waals surface area contributed by atoms with E-state index in [1.165, 1.54) is 0 Å². The second kappa shape index (κ2) is 12.7. The van der Waals surface area contributed by atoms with E-state index in [-0.39, 0.29) is 35.4 Å². The molecule has 0 radical (unpaired) electrons. The molecule has 0 aromatic heterocycles. The maximum absolute atomic E-state index is 9.42. The highest BCUT2D eigenvalue weighted by Gasteiger charge is 2.15. The molecule has 0 unspecified atom stereocenters. The standard InChI is InChI=1S/C46H33N/c1-3-11-34(12-4-1)37-23-27-44(28-24-37)47(46-20-10-19-42(33-46)43-22-21-36-15-7-8-16-39(36)32-43)45-29-25-38(26-30-45)41-18-9-17-40(31-41)35-13-5-2-6-14-35/h1-33H/i25D,26D,29D,30D. The highest BCUT2D eigenvalue weighted by Crippen LogP contribution is 2.39. The zero-order valence-corrected chi connectivity index (χ0v) is 25.7. The van der Waals surface area contributed by atoms with Crippen LogP contribution in [0, 0.1) is 0 Å². The van der Waals surface area contributed by atoms with E-state index in [1.807, 2.05) is 126 Å². The van der Waals surface area contributed by atoms with E-state index >= 15 is 0 Å². The molecule has 222 valence electrons. The van der Waals surface area contributed by atoms with Crippen LogP contribution in [-0.4, -0.2) is 0 Å². The Kier molecular flexibility index (Phi) is 6.50. The van der Waals surface area contributed by atoms with E-state index in [1.54, 1.807) is 0 Å². The van der Waals surface area contributed by atoms with Gasteiger partial charge in [-0.1, -0.05) is 152 Å². The Morgan fingerprint density at radius 3 is 1.47 bits per heavy atom. The fourth-order valence-electron chi connectivity index (χ4n) is 6.08. The molecule has 0 fully saturated rings. The van der Waals surface area contributed by atoms with Crippen molar-refractivity contribution in [3.8, 4) is 44.5 Å². The molecule has 1 nitrogen and oxygen atoms in total. The average Bonchev–Trinajstić information content (AvgIpc) is 3.19. The van der Waals surface area contributed by atoms with Crippen LogP contribution in [0.25, 0.3) is 55.3 Å². The summed E-state index contributed by atoms with van der Waals surface area (Å²) in [6, 6.07) is 58.1. The maximum atomic E-state index is 9.42. The molecule has 0 amide bonds. The average molecular weight is 604 g/mol. The van der Waals surface area contributed by atoms with Crippen molar-refractivity contribution in [2.75, 3.05) is 4.90 Å². The smallest absolute Gasteiger partial charge is 0.0645 e. The second-order valence-corrected chi connectivity index (χ2v) is 11.5. The maximum Gasteiger partial charge on any atom is 0.0645 e. The highest BCUT2D eigenvalue weighted by molar-refractivity contribution is 5.89. The first-order valence-electron chi connectivity index (χ1n) is 17.8. The summed E-state index contributed by atoms with van der Waals surface area (Å²) in [4.78, 5) is 1.85. The van der Waals surface area contributed by atoms with Gasteiger partial charge in [-0.3, -0.25) is 0 Å². The van der Waals surface area contributed by atoms with Crippen molar-refractivity contribution in [3.05, 3.63) is 200 Å². The monoisotopic (exact) mass is 603 g/mol. The molecular weight excluding hydrogens is 567 g/mol. The molecule has 8 aromatic carbocycles. The van der Waals surface area contributed by atoms with Crippen LogP contribution in [0.5, 0.6) is 0 Å². The largest absolute Gasteiger partial charge is 0.310 e. The van der Waals surface area contributed by atoms with Gasteiger partial charge >= 0.3 is 0 Å². The molecule has 0 atom stereocenters. The number of hydrogen-bond acceptors (Lipinski definition) is 1. The van der Waals surface area contributed by atoms with E-state index < -0.39 is 0 Å². The lowest BCUT2D eigenvalue weighted by molar-refractivity contribution is 1.28. The van der Waals surface area contributed by atoms with E-state index in [0.29, 0.717) is 5.56 Å². The van der Waals surface area contributed by atoms with Crippen molar-refractivity contribution in [2.24, 2.45) is 0 Å². The van der Waals surface area contributed by atoms with Crippen LogP contribution in [0.1, 0.15) is 5.48 Å². The number of benzene rings is 8. The van der Waals surface area contributed by atoms with Gasteiger partial charge in [-0.2, -0.15) is 0 Å². The first kappa shape index (κ1) is 24.1. The summed E-state index contributed by atoms with van der Waals surface area (Å²) in [6.45, 7) is 0. The van der Waals surface area contributed by atoms with Crippen molar-refractivity contribution < 1.29 is 5.48 Å². The van der Waals surface area contributed by atoms with Gasteiger partial charge in [0.05, 0.1) is 5.48 Å². The molecule has 1 heteroatoms. The van der Waals surface area contributed by atoms with Crippen molar-refractivity contribution >= 4 is 27.8 Å². The highest BCUT2D eigenvalue weighted by atomic mass is 15.1. The van der Waals surface area contributed by atoms with E-state index in [2.05, 4.69) is 54.6 Å². The Balaban J connectivity index is 1.29. The Morgan fingerprint density at radius 2 is 0.766 bits per heavy atom. The fourth-order valence-corrected chi connectivity index (χ4v) is 6.08. The minimum Gasteiger partial charge on any atom is -0.310 e. The third-order valence-corrected chi connectivity index (χ3v) is 8.51. The van der Waals surface area contributed by atoms with Gasteiger partial charge in [0.15, 0.2) is 0 Å². The van der Waals surface area contributed by atoms with Gasteiger partial charge < -0.3 is 4.90 Å². The molecule has 0 aliphatic rings. The number of fused-ring (bicyclic) bond motifs is 1. The molecule has 0 aliphatic carbocycles. The second-order valence-electron chi connectivity index (χ2n) is 11.5. The van der Waals surface area contributed by atoms with Crippen LogP contribution >= 0.6 is 0 Å². The van der Waals surface area contributed by atoms with Gasteiger partial charge in [0.2, 0.25) is 0 Å². The van der Waals surface area contributed by atoms with Crippen LogP contribution in [0.4, 0.5) is 17.1 Å². The molecule has 0 heterocycles. The molecular formula is C46H33N. The fraction of sp³-hybridized carbons (Fsp3) is 0. The Labute approximate surface area is 282 Å². The zero-order chi connectivity index (χ0) is 34.9. The van der Waals surface area contributed by atoms with Crippen LogP contribution < -0.4 is 4.90 Å². The number of anilines is 3. The van der Waals surface area contributed by atoms with Crippen LogP contribution in [0.3, 0.4) is 0 Å². The summed E-state index contributed by atoms with van der Waals surface area (Å²) in [5, 5.41) is 2.30.